The van der Waals surface area contributed by atoms with Crippen molar-refractivity contribution in [2.24, 2.45) is 17.6 Å². The van der Waals surface area contributed by atoms with E-state index in [4.69, 9.17) is 22.1 Å². The Kier molecular flexibility index (Phi) is 4.67. The van der Waals surface area contributed by atoms with Crippen LogP contribution in [0.3, 0.4) is 0 Å². The number of ether oxygens (including phenoxy) is 1. The summed E-state index contributed by atoms with van der Waals surface area (Å²) in [6.45, 7) is 3.72. The van der Waals surface area contributed by atoms with E-state index >= 15 is 0 Å². The molecule has 2 aliphatic heterocycles. The number of nitrogens with two attached hydrogens (primary N) is 1. The molecular weight excluding hydrogens is 336 g/mol. The summed E-state index contributed by atoms with van der Waals surface area (Å²) in [4.78, 5) is 14.4. The molecule has 2 heterocycles. The van der Waals surface area contributed by atoms with Gasteiger partial charge < -0.3 is 15.4 Å². The van der Waals surface area contributed by atoms with Gasteiger partial charge in [0, 0.05) is 11.6 Å². The SMILES string of the molecule is COc1c(C(N)=O)cc(Cl)c2c1CCCC2C1CCN2CCCC1C2. The van der Waals surface area contributed by atoms with Crippen molar-refractivity contribution in [1.29, 1.82) is 0 Å². The van der Waals surface area contributed by atoms with Gasteiger partial charge in [-0.25, -0.2) is 0 Å². The number of piperidine rings is 2. The molecule has 4 nitrogen and oxygen atoms in total. The molecule has 1 aromatic carbocycles. The van der Waals surface area contributed by atoms with Gasteiger partial charge in [-0.15, -0.1) is 0 Å². The fourth-order valence-electron chi connectivity index (χ4n) is 5.58. The van der Waals surface area contributed by atoms with Crippen molar-refractivity contribution in [2.75, 3.05) is 26.7 Å². The van der Waals surface area contributed by atoms with Crippen LogP contribution in [0.5, 0.6) is 5.75 Å². The maximum absolute atomic E-state index is 11.8. The van der Waals surface area contributed by atoms with Crippen LogP contribution in [-0.2, 0) is 6.42 Å². The molecule has 3 aliphatic rings. The van der Waals surface area contributed by atoms with Crippen LogP contribution >= 0.6 is 11.6 Å². The summed E-state index contributed by atoms with van der Waals surface area (Å²) in [5, 5.41) is 0.701. The van der Waals surface area contributed by atoms with Gasteiger partial charge in [-0.1, -0.05) is 11.6 Å². The first kappa shape index (κ1) is 17.2. The Morgan fingerprint density at radius 2 is 2.12 bits per heavy atom. The molecule has 4 rings (SSSR count). The Labute approximate surface area is 154 Å². The highest BCUT2D eigenvalue weighted by molar-refractivity contribution is 6.32. The second-order valence-electron chi connectivity index (χ2n) is 7.85. The summed E-state index contributed by atoms with van der Waals surface area (Å²) in [6.07, 6.45) is 7.14. The van der Waals surface area contributed by atoms with Gasteiger partial charge in [-0.2, -0.15) is 0 Å². The zero-order valence-electron chi connectivity index (χ0n) is 14.9. The Balaban J connectivity index is 1.76. The van der Waals surface area contributed by atoms with Gasteiger partial charge in [0.25, 0.3) is 5.91 Å². The van der Waals surface area contributed by atoms with E-state index in [9.17, 15) is 4.79 Å². The summed E-state index contributed by atoms with van der Waals surface area (Å²) >= 11 is 6.69. The van der Waals surface area contributed by atoms with Gasteiger partial charge in [0.1, 0.15) is 5.75 Å². The van der Waals surface area contributed by atoms with Crippen molar-refractivity contribution in [3.8, 4) is 5.75 Å². The lowest BCUT2D eigenvalue weighted by atomic mass is 9.66. The number of hydrogen-bond donors (Lipinski definition) is 1. The van der Waals surface area contributed by atoms with E-state index in [1.807, 2.05) is 0 Å². The van der Waals surface area contributed by atoms with Gasteiger partial charge in [-0.3, -0.25) is 4.79 Å². The molecule has 2 N–H and O–H groups in total. The van der Waals surface area contributed by atoms with Gasteiger partial charge >= 0.3 is 0 Å². The molecule has 25 heavy (non-hydrogen) atoms. The lowest BCUT2D eigenvalue weighted by Crippen LogP contribution is -2.46. The quantitative estimate of drug-likeness (QED) is 0.893. The van der Waals surface area contributed by atoms with E-state index in [0.29, 0.717) is 28.2 Å². The highest BCUT2D eigenvalue weighted by Crippen LogP contribution is 2.50. The molecule has 4 atom stereocenters. The van der Waals surface area contributed by atoms with E-state index in [0.717, 1.165) is 24.3 Å². The molecule has 2 fully saturated rings. The summed E-state index contributed by atoms with van der Waals surface area (Å²) in [5.74, 6) is 2.13. The smallest absolute Gasteiger partial charge is 0.252 e. The maximum Gasteiger partial charge on any atom is 0.252 e. The Morgan fingerprint density at radius 3 is 2.88 bits per heavy atom. The van der Waals surface area contributed by atoms with Crippen LogP contribution in [0.15, 0.2) is 6.07 Å². The molecule has 0 spiro atoms. The van der Waals surface area contributed by atoms with Crippen LogP contribution in [0.1, 0.15) is 59.5 Å². The Hall–Kier alpha value is -1.26. The topological polar surface area (TPSA) is 55.6 Å². The third-order valence-electron chi connectivity index (χ3n) is 6.60. The number of carbonyl (C=O) groups is 1. The monoisotopic (exact) mass is 362 g/mol. The third-order valence-corrected chi connectivity index (χ3v) is 6.91. The van der Waals surface area contributed by atoms with Crippen molar-refractivity contribution in [3.05, 3.63) is 27.8 Å². The van der Waals surface area contributed by atoms with Crippen LogP contribution in [0, 0.1) is 11.8 Å². The molecule has 0 aromatic heterocycles. The molecular formula is C20H27ClN2O2. The van der Waals surface area contributed by atoms with Gasteiger partial charge in [0.2, 0.25) is 0 Å². The van der Waals surface area contributed by atoms with E-state index in [1.54, 1.807) is 13.2 Å². The van der Waals surface area contributed by atoms with E-state index in [2.05, 4.69) is 4.90 Å². The first-order valence-corrected chi connectivity index (χ1v) is 9.89. The number of rotatable bonds is 3. The van der Waals surface area contributed by atoms with Crippen LogP contribution in [0.25, 0.3) is 0 Å². The number of halogens is 1. The molecule has 5 heteroatoms. The van der Waals surface area contributed by atoms with Crippen molar-refractivity contribution < 1.29 is 9.53 Å². The molecule has 2 bridgehead atoms. The van der Waals surface area contributed by atoms with Crippen LogP contribution in [0.4, 0.5) is 0 Å². The predicted molar refractivity (Wildman–Crippen MR) is 99.5 cm³/mol. The molecule has 0 saturated carbocycles. The van der Waals surface area contributed by atoms with Crippen molar-refractivity contribution in [3.63, 3.8) is 0 Å². The average molecular weight is 363 g/mol. The number of amides is 1. The molecule has 2 saturated heterocycles. The number of fused-ring (bicyclic) bond motifs is 3. The van der Waals surface area contributed by atoms with Gasteiger partial charge in [0.05, 0.1) is 12.7 Å². The van der Waals surface area contributed by atoms with Crippen molar-refractivity contribution >= 4 is 17.5 Å². The summed E-state index contributed by atoms with van der Waals surface area (Å²) in [7, 11) is 1.62. The highest BCUT2D eigenvalue weighted by Gasteiger charge is 2.40. The predicted octanol–water partition coefficient (Wildman–Crippen LogP) is 3.60. The van der Waals surface area contributed by atoms with Crippen LogP contribution < -0.4 is 10.5 Å². The minimum atomic E-state index is -0.468. The zero-order chi connectivity index (χ0) is 17.6. The number of nitrogens with zero attached hydrogens (tertiary/aromatic N) is 1. The van der Waals surface area contributed by atoms with Crippen LogP contribution in [0.2, 0.25) is 5.02 Å². The molecule has 0 radical (unpaired) electrons. The fourth-order valence-corrected chi connectivity index (χ4v) is 5.94. The first-order chi connectivity index (χ1) is 12.1. The molecule has 1 amide bonds. The standard InChI is InChI=1S/C20H27ClN2O2/c1-25-19-15-6-2-5-14(18(15)17(21)10-16(19)20(22)24)13-7-9-23-8-3-4-12(13)11-23/h10,12-14H,2-9,11H2,1H3,(H2,22,24). The summed E-state index contributed by atoms with van der Waals surface area (Å²) < 4.78 is 5.61. The number of hydrogen-bond acceptors (Lipinski definition) is 3. The normalized spacial score (nSPS) is 31.3. The first-order valence-electron chi connectivity index (χ1n) is 9.51. The maximum atomic E-state index is 11.8. The Morgan fingerprint density at radius 1 is 1.28 bits per heavy atom. The minimum absolute atomic E-state index is 0.416. The largest absolute Gasteiger partial charge is 0.496 e. The van der Waals surface area contributed by atoms with Crippen molar-refractivity contribution in [1.82, 2.24) is 4.90 Å². The number of benzene rings is 1. The lowest BCUT2D eigenvalue weighted by Gasteiger charge is -2.47. The second kappa shape index (κ2) is 6.81. The van der Waals surface area contributed by atoms with E-state index in [1.165, 1.54) is 50.9 Å². The van der Waals surface area contributed by atoms with Crippen molar-refractivity contribution in [2.45, 2.75) is 44.4 Å². The number of methoxy groups -OCH3 is 1. The number of carbonyl (C=O) groups excluding carboxylic acids is 1. The third kappa shape index (κ3) is 2.93. The average Bonchev–Trinajstić information content (AvgIpc) is 2.61. The highest BCUT2D eigenvalue weighted by atomic mass is 35.5. The molecule has 4 unspecified atom stereocenters. The summed E-state index contributed by atoms with van der Waals surface area (Å²) in [5.41, 5.74) is 8.33. The molecule has 1 aliphatic carbocycles. The second-order valence-corrected chi connectivity index (χ2v) is 8.26. The van der Waals surface area contributed by atoms with Gasteiger partial charge in [0.15, 0.2) is 0 Å². The lowest BCUT2D eigenvalue weighted by molar-refractivity contribution is 0.0571. The minimum Gasteiger partial charge on any atom is -0.496 e. The molecule has 1 aromatic rings. The molecule has 136 valence electrons. The van der Waals surface area contributed by atoms with Gasteiger partial charge in [-0.05, 0) is 86.6 Å². The Bertz CT molecular complexity index is 691. The zero-order valence-corrected chi connectivity index (χ0v) is 15.6. The van der Waals surface area contributed by atoms with E-state index in [-0.39, 0.29) is 0 Å². The van der Waals surface area contributed by atoms with Crippen LogP contribution in [-0.4, -0.2) is 37.6 Å². The number of primary amides is 1. The summed E-state index contributed by atoms with van der Waals surface area (Å²) in [6, 6.07) is 1.73. The fraction of sp³-hybridized carbons (Fsp3) is 0.650. The van der Waals surface area contributed by atoms with E-state index < -0.39 is 5.91 Å².